The molecule has 0 amide bonds. The van der Waals surface area contributed by atoms with Gasteiger partial charge in [0, 0.05) is 12.7 Å². The van der Waals surface area contributed by atoms with E-state index in [2.05, 4.69) is 30.3 Å². The van der Waals surface area contributed by atoms with Crippen molar-refractivity contribution in [3.05, 3.63) is 17.2 Å². The lowest BCUT2D eigenvalue weighted by Crippen LogP contribution is -1.92. The summed E-state index contributed by atoms with van der Waals surface area (Å²) in [6, 6.07) is 0. The fourth-order valence-electron chi connectivity index (χ4n) is 0.884. The maximum atomic E-state index is 4.27. The third-order valence-corrected chi connectivity index (χ3v) is 1.84. The van der Waals surface area contributed by atoms with Crippen molar-refractivity contribution in [1.82, 2.24) is 9.55 Å². The Morgan fingerprint density at radius 1 is 1.17 bits per heavy atom. The Morgan fingerprint density at radius 2 is 1.58 bits per heavy atom. The van der Waals surface area contributed by atoms with Crippen LogP contribution in [0.4, 0.5) is 0 Å². The van der Waals surface area contributed by atoms with Gasteiger partial charge in [0.1, 0.15) is 5.82 Å². The number of aryl methyl sites for hydroxylation is 2. The summed E-state index contributed by atoms with van der Waals surface area (Å²) in [4.78, 5) is 4.27. The Hall–Kier alpha value is -0.790. The zero-order valence-corrected chi connectivity index (χ0v) is 9.10. The van der Waals surface area contributed by atoms with Gasteiger partial charge in [-0.3, -0.25) is 0 Å². The van der Waals surface area contributed by atoms with Crippen molar-refractivity contribution in [2.24, 2.45) is 7.05 Å². The Labute approximate surface area is 75.6 Å². The van der Waals surface area contributed by atoms with Crippen LogP contribution < -0.4 is 0 Å². The summed E-state index contributed by atoms with van der Waals surface area (Å²) in [7, 11) is 2.03. The van der Waals surface area contributed by atoms with Crippen molar-refractivity contribution in [3.63, 3.8) is 0 Å². The van der Waals surface area contributed by atoms with Gasteiger partial charge < -0.3 is 4.57 Å². The molecule has 0 atom stereocenters. The molecule has 0 N–H and O–H groups in total. The normalized spacial score (nSPS) is 9.17. The maximum absolute atomic E-state index is 4.27. The second-order valence-electron chi connectivity index (χ2n) is 3.10. The SMILES string of the molecule is CCC.Cc1nc(C)n(C)c1C. The molecule has 0 saturated carbocycles. The van der Waals surface area contributed by atoms with Crippen molar-refractivity contribution < 1.29 is 0 Å². The minimum absolute atomic E-state index is 1.09. The van der Waals surface area contributed by atoms with Crippen LogP contribution in [0.3, 0.4) is 0 Å². The quantitative estimate of drug-likeness (QED) is 0.582. The van der Waals surface area contributed by atoms with Crippen LogP contribution in [-0.4, -0.2) is 9.55 Å². The molecule has 0 aliphatic heterocycles. The molecule has 0 aliphatic carbocycles. The molecule has 0 bridgehead atoms. The second-order valence-corrected chi connectivity index (χ2v) is 3.10. The summed E-state index contributed by atoms with van der Waals surface area (Å²) in [5.74, 6) is 1.09. The van der Waals surface area contributed by atoms with Crippen LogP contribution >= 0.6 is 0 Å². The van der Waals surface area contributed by atoms with Gasteiger partial charge in [0.25, 0.3) is 0 Å². The molecule has 0 aliphatic rings. The fourth-order valence-corrected chi connectivity index (χ4v) is 0.884. The van der Waals surface area contributed by atoms with Gasteiger partial charge in [-0.15, -0.1) is 0 Å². The molecule has 0 aromatic carbocycles. The Balaban J connectivity index is 0.000000354. The number of imidazole rings is 1. The number of hydrogen-bond acceptors (Lipinski definition) is 1. The number of aromatic nitrogens is 2. The molecular formula is C10H20N2. The topological polar surface area (TPSA) is 17.8 Å². The van der Waals surface area contributed by atoms with Gasteiger partial charge in [-0.05, 0) is 20.8 Å². The molecule has 0 radical (unpaired) electrons. The Morgan fingerprint density at radius 3 is 1.67 bits per heavy atom. The summed E-state index contributed by atoms with van der Waals surface area (Å²) >= 11 is 0. The van der Waals surface area contributed by atoms with Crippen LogP contribution in [0.2, 0.25) is 0 Å². The van der Waals surface area contributed by atoms with E-state index in [0.717, 1.165) is 11.5 Å². The first kappa shape index (κ1) is 11.2. The predicted molar refractivity (Wildman–Crippen MR) is 53.4 cm³/mol. The van der Waals surface area contributed by atoms with Crippen LogP contribution in [0, 0.1) is 20.8 Å². The highest BCUT2D eigenvalue weighted by Crippen LogP contribution is 2.05. The maximum Gasteiger partial charge on any atom is 0.105 e. The van der Waals surface area contributed by atoms with Gasteiger partial charge in [0.05, 0.1) is 5.69 Å². The lowest BCUT2D eigenvalue weighted by Gasteiger charge is -1.94. The molecule has 1 rings (SSSR count). The van der Waals surface area contributed by atoms with Gasteiger partial charge in [-0.2, -0.15) is 0 Å². The molecule has 2 heteroatoms. The lowest BCUT2D eigenvalue weighted by molar-refractivity contribution is 0.827. The van der Waals surface area contributed by atoms with Crippen molar-refractivity contribution in [2.75, 3.05) is 0 Å². The van der Waals surface area contributed by atoms with E-state index in [1.54, 1.807) is 0 Å². The molecule has 1 aromatic heterocycles. The zero-order chi connectivity index (χ0) is 9.72. The molecule has 1 aromatic rings. The number of hydrogen-bond donors (Lipinski definition) is 0. The van der Waals surface area contributed by atoms with Crippen LogP contribution in [0.5, 0.6) is 0 Å². The second kappa shape index (κ2) is 4.96. The zero-order valence-electron chi connectivity index (χ0n) is 9.10. The smallest absolute Gasteiger partial charge is 0.105 e. The van der Waals surface area contributed by atoms with Gasteiger partial charge in [0.15, 0.2) is 0 Å². The minimum atomic E-state index is 1.09. The van der Waals surface area contributed by atoms with E-state index >= 15 is 0 Å². The monoisotopic (exact) mass is 168 g/mol. The molecule has 2 nitrogen and oxygen atoms in total. The van der Waals surface area contributed by atoms with Gasteiger partial charge in [0.2, 0.25) is 0 Å². The van der Waals surface area contributed by atoms with Crippen LogP contribution in [0.15, 0.2) is 0 Å². The molecule has 0 spiro atoms. The van der Waals surface area contributed by atoms with Crippen LogP contribution in [0.1, 0.15) is 37.5 Å². The van der Waals surface area contributed by atoms with Gasteiger partial charge >= 0.3 is 0 Å². The van der Waals surface area contributed by atoms with Crippen molar-refractivity contribution in [2.45, 2.75) is 41.0 Å². The summed E-state index contributed by atoms with van der Waals surface area (Å²) < 4.78 is 2.09. The van der Waals surface area contributed by atoms with Crippen molar-refractivity contribution >= 4 is 0 Å². The molecular weight excluding hydrogens is 148 g/mol. The largest absolute Gasteiger partial charge is 0.335 e. The van der Waals surface area contributed by atoms with E-state index in [4.69, 9.17) is 0 Å². The van der Waals surface area contributed by atoms with E-state index in [0.29, 0.717) is 0 Å². The Kier molecular flexibility index (Phi) is 4.64. The molecule has 0 unspecified atom stereocenters. The first-order chi connectivity index (χ1) is 5.54. The first-order valence-corrected chi connectivity index (χ1v) is 4.51. The lowest BCUT2D eigenvalue weighted by atomic mass is 10.4. The summed E-state index contributed by atoms with van der Waals surface area (Å²) in [6.07, 6.45) is 1.25. The van der Waals surface area contributed by atoms with Crippen LogP contribution in [0.25, 0.3) is 0 Å². The highest BCUT2D eigenvalue weighted by atomic mass is 15.1. The van der Waals surface area contributed by atoms with E-state index < -0.39 is 0 Å². The molecule has 0 fully saturated rings. The molecule has 12 heavy (non-hydrogen) atoms. The number of nitrogens with zero attached hydrogens (tertiary/aromatic N) is 2. The first-order valence-electron chi connectivity index (χ1n) is 4.51. The number of rotatable bonds is 0. The van der Waals surface area contributed by atoms with E-state index in [-0.39, 0.29) is 0 Å². The third kappa shape index (κ3) is 2.68. The summed E-state index contributed by atoms with van der Waals surface area (Å²) in [6.45, 7) is 10.4. The van der Waals surface area contributed by atoms with Crippen LogP contribution in [-0.2, 0) is 7.05 Å². The van der Waals surface area contributed by atoms with E-state index in [9.17, 15) is 0 Å². The van der Waals surface area contributed by atoms with Gasteiger partial charge in [-0.1, -0.05) is 20.3 Å². The minimum Gasteiger partial charge on any atom is -0.335 e. The summed E-state index contributed by atoms with van der Waals surface area (Å²) in [5, 5.41) is 0. The fraction of sp³-hybridized carbons (Fsp3) is 0.700. The average molecular weight is 168 g/mol. The van der Waals surface area contributed by atoms with Gasteiger partial charge in [-0.25, -0.2) is 4.98 Å². The van der Waals surface area contributed by atoms with Crippen molar-refractivity contribution in [3.8, 4) is 0 Å². The molecule has 70 valence electrons. The van der Waals surface area contributed by atoms with Crippen molar-refractivity contribution in [1.29, 1.82) is 0 Å². The average Bonchev–Trinajstić information content (AvgIpc) is 2.20. The standard InChI is InChI=1S/C7H12N2.C3H8/c1-5-6(2)9(4)7(3)8-5;1-3-2/h1-4H3;3H2,1-2H3. The highest BCUT2D eigenvalue weighted by Gasteiger charge is 2.00. The third-order valence-electron chi connectivity index (χ3n) is 1.84. The molecule has 0 saturated heterocycles. The predicted octanol–water partition coefficient (Wildman–Crippen LogP) is 2.76. The van der Waals surface area contributed by atoms with E-state index in [1.165, 1.54) is 12.1 Å². The Bertz CT molecular complexity index is 214. The molecule has 1 heterocycles. The highest BCUT2D eigenvalue weighted by molar-refractivity contribution is 5.12. The van der Waals surface area contributed by atoms with E-state index in [1.807, 2.05) is 20.9 Å². The summed E-state index contributed by atoms with van der Waals surface area (Å²) in [5.41, 5.74) is 2.39.